The highest BCUT2D eigenvalue weighted by Crippen LogP contribution is 2.14. The molecule has 1 aromatic carbocycles. The van der Waals surface area contributed by atoms with Gasteiger partial charge in [-0.05, 0) is 63.0 Å². The summed E-state index contributed by atoms with van der Waals surface area (Å²) in [6, 6.07) is 8.11. The molecule has 0 spiro atoms. The van der Waals surface area contributed by atoms with E-state index in [0.29, 0.717) is 11.7 Å². The lowest BCUT2D eigenvalue weighted by molar-refractivity contribution is -0.895. The Labute approximate surface area is 161 Å². The van der Waals surface area contributed by atoms with Gasteiger partial charge in [-0.1, -0.05) is 12.1 Å². The largest absolute Gasteiger partial charge is 0.363 e. The van der Waals surface area contributed by atoms with E-state index in [2.05, 4.69) is 41.2 Å². The fraction of sp³-hybridized carbons (Fsp3) is 0.500. The van der Waals surface area contributed by atoms with Gasteiger partial charge in [0.1, 0.15) is 0 Å². The lowest BCUT2D eigenvalue weighted by Crippen LogP contribution is -3.12. The molecule has 1 heterocycles. The van der Waals surface area contributed by atoms with Gasteiger partial charge in [0.2, 0.25) is 0 Å². The minimum Gasteiger partial charge on any atom is -0.363 e. The van der Waals surface area contributed by atoms with Gasteiger partial charge in [0, 0.05) is 17.6 Å². The van der Waals surface area contributed by atoms with Crippen molar-refractivity contribution in [2.75, 3.05) is 32.7 Å². The maximum Gasteiger partial charge on any atom is 0.253 e. The SMILES string of the molecule is CCNC(=S)N(CC[NH+](CC)CC)Cc1cc2ccc(C)cc2[nH]c1=O. The smallest absolute Gasteiger partial charge is 0.253 e. The molecule has 1 aromatic heterocycles. The molecule has 2 rings (SSSR count). The number of benzene rings is 1. The third-order valence-electron chi connectivity index (χ3n) is 4.79. The summed E-state index contributed by atoms with van der Waals surface area (Å²) in [4.78, 5) is 19.2. The summed E-state index contributed by atoms with van der Waals surface area (Å²) in [7, 11) is 0. The average molecular weight is 376 g/mol. The second kappa shape index (κ2) is 9.69. The summed E-state index contributed by atoms with van der Waals surface area (Å²) < 4.78 is 0. The molecule has 0 aliphatic heterocycles. The van der Waals surface area contributed by atoms with Crippen molar-refractivity contribution >= 4 is 28.2 Å². The van der Waals surface area contributed by atoms with Crippen LogP contribution in [0.25, 0.3) is 10.9 Å². The summed E-state index contributed by atoms with van der Waals surface area (Å²) in [5, 5.41) is 4.99. The van der Waals surface area contributed by atoms with Crippen molar-refractivity contribution < 1.29 is 4.90 Å². The summed E-state index contributed by atoms with van der Waals surface area (Å²) >= 11 is 5.55. The number of likely N-dealkylation sites (N-methyl/N-ethyl adjacent to an activating group) is 1. The van der Waals surface area contributed by atoms with Crippen LogP contribution in [0, 0.1) is 6.92 Å². The molecular weight excluding hydrogens is 344 g/mol. The van der Waals surface area contributed by atoms with E-state index in [1.165, 1.54) is 4.90 Å². The number of nitrogens with one attached hydrogen (secondary N) is 3. The number of quaternary nitrogens is 1. The van der Waals surface area contributed by atoms with E-state index < -0.39 is 0 Å². The topological polar surface area (TPSA) is 52.6 Å². The number of nitrogens with zero attached hydrogens (tertiary/aromatic N) is 1. The van der Waals surface area contributed by atoms with Gasteiger partial charge in [0.25, 0.3) is 5.56 Å². The zero-order chi connectivity index (χ0) is 19.1. The van der Waals surface area contributed by atoms with Gasteiger partial charge >= 0.3 is 0 Å². The van der Waals surface area contributed by atoms with Crippen molar-refractivity contribution in [3.8, 4) is 0 Å². The Morgan fingerprint density at radius 1 is 1.23 bits per heavy atom. The van der Waals surface area contributed by atoms with E-state index in [0.717, 1.165) is 54.8 Å². The lowest BCUT2D eigenvalue weighted by atomic mass is 10.1. The third-order valence-corrected chi connectivity index (χ3v) is 5.19. The van der Waals surface area contributed by atoms with Crippen LogP contribution in [0.1, 0.15) is 31.9 Å². The molecular formula is C20H31N4OS+. The fourth-order valence-corrected chi connectivity index (χ4v) is 3.40. The average Bonchev–Trinajstić information content (AvgIpc) is 2.62. The number of pyridine rings is 1. The number of hydrogen-bond acceptors (Lipinski definition) is 2. The first-order valence-electron chi connectivity index (χ1n) is 9.47. The van der Waals surface area contributed by atoms with Crippen molar-refractivity contribution in [2.24, 2.45) is 0 Å². The molecule has 0 fully saturated rings. The highest BCUT2D eigenvalue weighted by atomic mass is 32.1. The molecule has 3 N–H and O–H groups in total. The number of hydrogen-bond donors (Lipinski definition) is 3. The lowest BCUT2D eigenvalue weighted by Gasteiger charge is -2.27. The molecule has 26 heavy (non-hydrogen) atoms. The van der Waals surface area contributed by atoms with Gasteiger partial charge in [0.05, 0.1) is 32.7 Å². The Kier molecular flexibility index (Phi) is 7.60. The summed E-state index contributed by atoms with van der Waals surface area (Å²) in [5.74, 6) is 0. The van der Waals surface area contributed by atoms with Gasteiger partial charge < -0.3 is 20.1 Å². The van der Waals surface area contributed by atoms with Crippen molar-refractivity contribution in [3.63, 3.8) is 0 Å². The Bertz CT molecular complexity index is 798. The van der Waals surface area contributed by atoms with Crippen LogP contribution in [0.15, 0.2) is 29.1 Å². The Morgan fingerprint density at radius 3 is 2.62 bits per heavy atom. The molecule has 0 radical (unpaired) electrons. The second-order valence-electron chi connectivity index (χ2n) is 6.68. The quantitative estimate of drug-likeness (QED) is 0.612. The number of H-pyrrole nitrogens is 1. The summed E-state index contributed by atoms with van der Waals surface area (Å²) in [5.41, 5.74) is 2.73. The Balaban J connectivity index is 2.24. The van der Waals surface area contributed by atoms with Crippen LogP contribution in [-0.2, 0) is 6.54 Å². The van der Waals surface area contributed by atoms with Gasteiger partial charge in [-0.3, -0.25) is 4.79 Å². The number of aromatic nitrogens is 1. The van der Waals surface area contributed by atoms with Crippen LogP contribution < -0.4 is 15.8 Å². The summed E-state index contributed by atoms with van der Waals surface area (Å²) in [6.07, 6.45) is 0. The van der Waals surface area contributed by atoms with Crippen LogP contribution in [0.5, 0.6) is 0 Å². The second-order valence-corrected chi connectivity index (χ2v) is 7.07. The fourth-order valence-electron chi connectivity index (χ4n) is 3.10. The normalized spacial score (nSPS) is 11.1. The Morgan fingerprint density at radius 2 is 1.96 bits per heavy atom. The molecule has 0 aliphatic carbocycles. The highest BCUT2D eigenvalue weighted by Gasteiger charge is 2.15. The minimum absolute atomic E-state index is 0.0393. The predicted octanol–water partition coefficient (Wildman–Crippen LogP) is 1.46. The van der Waals surface area contributed by atoms with E-state index in [-0.39, 0.29) is 5.56 Å². The number of aryl methyl sites for hydroxylation is 1. The van der Waals surface area contributed by atoms with Crippen molar-refractivity contribution in [1.82, 2.24) is 15.2 Å². The van der Waals surface area contributed by atoms with E-state index in [4.69, 9.17) is 12.2 Å². The van der Waals surface area contributed by atoms with Crippen molar-refractivity contribution in [1.29, 1.82) is 0 Å². The molecule has 5 nitrogen and oxygen atoms in total. The van der Waals surface area contributed by atoms with Gasteiger partial charge in [-0.2, -0.15) is 0 Å². The van der Waals surface area contributed by atoms with Crippen molar-refractivity contribution in [3.05, 3.63) is 45.7 Å². The number of thiocarbonyl (C=S) groups is 1. The molecule has 2 aromatic rings. The van der Waals surface area contributed by atoms with E-state index in [1.54, 1.807) is 0 Å². The van der Waals surface area contributed by atoms with Gasteiger partial charge in [-0.15, -0.1) is 0 Å². The van der Waals surface area contributed by atoms with Crippen LogP contribution >= 0.6 is 12.2 Å². The first kappa shape index (κ1) is 20.4. The van der Waals surface area contributed by atoms with E-state index in [9.17, 15) is 4.79 Å². The predicted molar refractivity (Wildman–Crippen MR) is 113 cm³/mol. The number of fused-ring (bicyclic) bond motifs is 1. The molecule has 142 valence electrons. The molecule has 6 heteroatoms. The van der Waals surface area contributed by atoms with Crippen LogP contribution in [0.3, 0.4) is 0 Å². The molecule has 0 bridgehead atoms. The Hall–Kier alpha value is -1.92. The third kappa shape index (κ3) is 5.29. The summed E-state index contributed by atoms with van der Waals surface area (Å²) in [6.45, 7) is 13.8. The number of rotatable bonds is 8. The first-order chi connectivity index (χ1) is 12.5. The minimum atomic E-state index is -0.0393. The molecule has 0 aliphatic rings. The first-order valence-corrected chi connectivity index (χ1v) is 9.88. The molecule has 0 unspecified atom stereocenters. The van der Waals surface area contributed by atoms with Gasteiger partial charge in [0.15, 0.2) is 5.11 Å². The van der Waals surface area contributed by atoms with E-state index >= 15 is 0 Å². The maximum atomic E-state index is 12.6. The highest BCUT2D eigenvalue weighted by molar-refractivity contribution is 7.80. The zero-order valence-corrected chi connectivity index (χ0v) is 17.1. The zero-order valence-electron chi connectivity index (χ0n) is 16.3. The monoisotopic (exact) mass is 375 g/mol. The van der Waals surface area contributed by atoms with Crippen molar-refractivity contribution in [2.45, 2.75) is 34.2 Å². The van der Waals surface area contributed by atoms with Gasteiger partial charge in [-0.25, -0.2) is 0 Å². The number of aromatic amines is 1. The maximum absolute atomic E-state index is 12.6. The molecule has 0 amide bonds. The van der Waals surface area contributed by atoms with Crippen LogP contribution in [-0.4, -0.2) is 47.7 Å². The molecule has 0 saturated heterocycles. The molecule has 0 atom stereocenters. The van der Waals surface area contributed by atoms with Crippen LogP contribution in [0.4, 0.5) is 0 Å². The van der Waals surface area contributed by atoms with E-state index in [1.807, 2.05) is 26.0 Å². The standard InChI is InChI=1S/C20H30N4OS/c1-5-21-20(26)24(11-10-23(6-2)7-3)14-17-13-16-9-8-15(4)12-18(16)22-19(17)25/h8-9,12-13H,5-7,10-11,14H2,1-4H3,(H,21,26)(H,22,25)/p+1. The molecule has 0 saturated carbocycles. The van der Waals surface area contributed by atoms with Crippen LogP contribution in [0.2, 0.25) is 0 Å².